The summed E-state index contributed by atoms with van der Waals surface area (Å²) in [6, 6.07) is 3.78. The van der Waals surface area contributed by atoms with Crippen molar-refractivity contribution in [1.29, 1.82) is 0 Å². The van der Waals surface area contributed by atoms with Crippen molar-refractivity contribution in [3.8, 4) is 11.5 Å². The Bertz CT molecular complexity index is 443. The van der Waals surface area contributed by atoms with E-state index in [4.69, 9.17) is 9.47 Å². The van der Waals surface area contributed by atoms with Crippen molar-refractivity contribution in [1.82, 2.24) is 5.32 Å². The van der Waals surface area contributed by atoms with E-state index in [2.05, 4.69) is 12.2 Å². The molecule has 1 N–H and O–H groups in total. The summed E-state index contributed by atoms with van der Waals surface area (Å²) in [5.41, 5.74) is 1.63. The van der Waals surface area contributed by atoms with Gasteiger partial charge in [-0.05, 0) is 18.9 Å². The van der Waals surface area contributed by atoms with Gasteiger partial charge in [0.15, 0.2) is 0 Å². The smallest absolute Gasteiger partial charge is 0.252 e. The van der Waals surface area contributed by atoms with E-state index in [1.807, 2.05) is 6.07 Å². The van der Waals surface area contributed by atoms with E-state index in [9.17, 15) is 4.79 Å². The molecule has 4 nitrogen and oxygen atoms in total. The summed E-state index contributed by atoms with van der Waals surface area (Å²) in [6.45, 7) is 2.06. The molecule has 1 amide bonds. The van der Waals surface area contributed by atoms with Gasteiger partial charge in [-0.1, -0.05) is 6.92 Å². The molecular formula is C13H17NO3. The highest BCUT2D eigenvalue weighted by molar-refractivity contribution is 5.98. The summed E-state index contributed by atoms with van der Waals surface area (Å²) in [5, 5.41) is 2.97. The molecule has 1 aliphatic heterocycles. The van der Waals surface area contributed by atoms with E-state index in [1.54, 1.807) is 20.3 Å². The van der Waals surface area contributed by atoms with Gasteiger partial charge in [-0.15, -0.1) is 0 Å². The highest BCUT2D eigenvalue weighted by atomic mass is 16.5. The van der Waals surface area contributed by atoms with Crippen LogP contribution in [0.15, 0.2) is 12.1 Å². The van der Waals surface area contributed by atoms with E-state index < -0.39 is 0 Å². The summed E-state index contributed by atoms with van der Waals surface area (Å²) >= 11 is 0. The van der Waals surface area contributed by atoms with Crippen LogP contribution in [0.25, 0.3) is 0 Å². The topological polar surface area (TPSA) is 47.6 Å². The molecule has 1 heterocycles. The van der Waals surface area contributed by atoms with Crippen molar-refractivity contribution < 1.29 is 14.3 Å². The van der Waals surface area contributed by atoms with Gasteiger partial charge in [-0.2, -0.15) is 0 Å². The zero-order valence-electron chi connectivity index (χ0n) is 10.4. The number of hydrogen-bond acceptors (Lipinski definition) is 3. The lowest BCUT2D eigenvalue weighted by Gasteiger charge is -2.26. The monoisotopic (exact) mass is 235 g/mol. The van der Waals surface area contributed by atoms with Crippen LogP contribution in [0.1, 0.15) is 29.3 Å². The lowest BCUT2D eigenvalue weighted by atomic mass is 9.93. The molecule has 0 radical (unpaired) electrons. The van der Waals surface area contributed by atoms with E-state index in [1.165, 1.54) is 0 Å². The highest BCUT2D eigenvalue weighted by Gasteiger charge is 2.26. The first-order valence-corrected chi connectivity index (χ1v) is 5.75. The van der Waals surface area contributed by atoms with Crippen LogP contribution in [0, 0.1) is 0 Å². The van der Waals surface area contributed by atoms with Crippen molar-refractivity contribution in [2.45, 2.75) is 25.8 Å². The van der Waals surface area contributed by atoms with Gasteiger partial charge < -0.3 is 14.8 Å². The summed E-state index contributed by atoms with van der Waals surface area (Å²) in [4.78, 5) is 12.0. The second-order valence-corrected chi connectivity index (χ2v) is 4.14. The first kappa shape index (κ1) is 11.8. The molecule has 0 spiro atoms. The molecule has 17 heavy (non-hydrogen) atoms. The molecule has 0 saturated carbocycles. The summed E-state index contributed by atoms with van der Waals surface area (Å²) < 4.78 is 10.5. The molecule has 1 aromatic carbocycles. The lowest BCUT2D eigenvalue weighted by Crippen LogP contribution is -2.41. The molecule has 1 aliphatic rings. The molecule has 1 atom stereocenters. The molecule has 1 aromatic rings. The van der Waals surface area contributed by atoms with Gasteiger partial charge in [0.25, 0.3) is 5.91 Å². The minimum atomic E-state index is -0.0460. The number of benzene rings is 1. The molecule has 1 unspecified atom stereocenters. The number of ether oxygens (including phenoxy) is 2. The van der Waals surface area contributed by atoms with Gasteiger partial charge in [-0.25, -0.2) is 0 Å². The van der Waals surface area contributed by atoms with Crippen LogP contribution in [-0.4, -0.2) is 26.2 Å². The van der Waals surface area contributed by atoms with E-state index in [0.29, 0.717) is 11.3 Å². The minimum Gasteiger partial charge on any atom is -0.497 e. The number of amides is 1. The predicted molar refractivity (Wildman–Crippen MR) is 64.8 cm³/mol. The van der Waals surface area contributed by atoms with Crippen LogP contribution in [0.2, 0.25) is 0 Å². The number of rotatable bonds is 3. The Morgan fingerprint density at radius 3 is 2.71 bits per heavy atom. The maximum atomic E-state index is 12.0. The quantitative estimate of drug-likeness (QED) is 0.868. The predicted octanol–water partition coefficient (Wildman–Crippen LogP) is 1.77. The molecular weight excluding hydrogens is 218 g/mol. The van der Waals surface area contributed by atoms with Crippen LogP contribution in [0.3, 0.4) is 0 Å². The van der Waals surface area contributed by atoms with E-state index >= 15 is 0 Å². The van der Waals surface area contributed by atoms with Crippen LogP contribution in [0.4, 0.5) is 0 Å². The van der Waals surface area contributed by atoms with Gasteiger partial charge >= 0.3 is 0 Å². The van der Waals surface area contributed by atoms with Crippen molar-refractivity contribution >= 4 is 5.91 Å². The maximum absolute atomic E-state index is 12.0. The molecule has 0 fully saturated rings. The first-order chi connectivity index (χ1) is 8.19. The van der Waals surface area contributed by atoms with Gasteiger partial charge in [0, 0.05) is 23.2 Å². The van der Waals surface area contributed by atoms with Gasteiger partial charge in [0.2, 0.25) is 0 Å². The average molecular weight is 235 g/mol. The summed E-state index contributed by atoms with van der Waals surface area (Å²) in [5.74, 6) is 1.33. The van der Waals surface area contributed by atoms with Gasteiger partial charge in [0.1, 0.15) is 11.5 Å². The second-order valence-electron chi connectivity index (χ2n) is 4.14. The van der Waals surface area contributed by atoms with Crippen LogP contribution < -0.4 is 14.8 Å². The number of nitrogens with one attached hydrogen (secondary N) is 1. The Morgan fingerprint density at radius 1 is 1.35 bits per heavy atom. The van der Waals surface area contributed by atoms with E-state index in [0.717, 1.165) is 24.2 Å². The molecule has 0 bridgehead atoms. The fourth-order valence-electron chi connectivity index (χ4n) is 2.14. The van der Waals surface area contributed by atoms with Crippen molar-refractivity contribution in [3.05, 3.63) is 23.3 Å². The number of fused-ring (bicyclic) bond motifs is 1. The van der Waals surface area contributed by atoms with Crippen molar-refractivity contribution in [3.63, 3.8) is 0 Å². The number of methoxy groups -OCH3 is 2. The van der Waals surface area contributed by atoms with Gasteiger partial charge in [0.05, 0.1) is 14.2 Å². The zero-order valence-corrected chi connectivity index (χ0v) is 10.4. The largest absolute Gasteiger partial charge is 0.497 e. The van der Waals surface area contributed by atoms with E-state index in [-0.39, 0.29) is 11.9 Å². The third kappa shape index (κ3) is 2.07. The fraction of sp³-hybridized carbons (Fsp3) is 0.462. The Balaban J connectivity index is 2.50. The number of carbonyl (C=O) groups excluding carboxylic acids is 1. The summed E-state index contributed by atoms with van der Waals surface area (Å²) in [6.07, 6.45) is 1.73. The number of hydrogen-bond donors (Lipinski definition) is 1. The normalized spacial score (nSPS) is 18.3. The Hall–Kier alpha value is -1.71. The highest BCUT2D eigenvalue weighted by Crippen LogP contribution is 2.32. The van der Waals surface area contributed by atoms with Crippen LogP contribution in [0.5, 0.6) is 11.5 Å². The third-order valence-corrected chi connectivity index (χ3v) is 3.16. The molecule has 0 aliphatic carbocycles. The molecule has 92 valence electrons. The SMILES string of the molecule is CCC1Cc2c(OC)cc(OC)cc2C(=O)N1. The fourth-order valence-corrected chi connectivity index (χ4v) is 2.14. The van der Waals surface area contributed by atoms with Gasteiger partial charge in [-0.3, -0.25) is 4.79 Å². The summed E-state index contributed by atoms with van der Waals surface area (Å²) in [7, 11) is 3.19. The lowest BCUT2D eigenvalue weighted by molar-refractivity contribution is 0.0922. The Morgan fingerprint density at radius 2 is 2.12 bits per heavy atom. The minimum absolute atomic E-state index is 0.0460. The Labute approximate surface area is 101 Å². The zero-order chi connectivity index (χ0) is 12.4. The second kappa shape index (κ2) is 4.65. The van der Waals surface area contributed by atoms with Crippen LogP contribution >= 0.6 is 0 Å². The maximum Gasteiger partial charge on any atom is 0.252 e. The molecule has 2 rings (SSSR count). The Kier molecular flexibility index (Phi) is 3.22. The average Bonchev–Trinajstić information content (AvgIpc) is 2.37. The molecule has 0 aromatic heterocycles. The van der Waals surface area contributed by atoms with Crippen molar-refractivity contribution in [2.75, 3.05) is 14.2 Å². The third-order valence-electron chi connectivity index (χ3n) is 3.16. The van der Waals surface area contributed by atoms with Crippen LogP contribution in [-0.2, 0) is 6.42 Å². The number of carbonyl (C=O) groups is 1. The molecule has 0 saturated heterocycles. The first-order valence-electron chi connectivity index (χ1n) is 5.75. The molecule has 4 heteroatoms. The standard InChI is InChI=1S/C13H17NO3/c1-4-8-5-10-11(13(15)14-8)6-9(16-2)7-12(10)17-3/h6-8H,4-5H2,1-3H3,(H,14,15). The van der Waals surface area contributed by atoms with Crippen molar-refractivity contribution in [2.24, 2.45) is 0 Å².